The Morgan fingerprint density at radius 2 is 1.85 bits per heavy atom. The molecule has 0 saturated heterocycles. The van der Waals surface area contributed by atoms with Gasteiger partial charge in [0.2, 0.25) is 0 Å². The number of aryl methyl sites for hydroxylation is 1. The normalized spacial score (nSPS) is 15.5. The van der Waals surface area contributed by atoms with E-state index in [1.807, 2.05) is 13.8 Å². The molecule has 6 nitrogen and oxygen atoms in total. The molecule has 1 aliphatic rings. The molecule has 0 fully saturated rings. The Morgan fingerprint density at radius 3 is 2.54 bits per heavy atom. The van der Waals surface area contributed by atoms with E-state index in [0.29, 0.717) is 17.2 Å². The van der Waals surface area contributed by atoms with Gasteiger partial charge in [0.15, 0.2) is 0 Å². The van der Waals surface area contributed by atoms with E-state index in [1.165, 1.54) is 14.2 Å². The van der Waals surface area contributed by atoms with Gasteiger partial charge in [-0.2, -0.15) is 0 Å². The molecular formula is C19H23NO5S. The predicted molar refractivity (Wildman–Crippen MR) is 99.8 cm³/mol. The van der Waals surface area contributed by atoms with Crippen LogP contribution in [0.25, 0.3) is 0 Å². The van der Waals surface area contributed by atoms with Crippen LogP contribution in [0.2, 0.25) is 0 Å². The van der Waals surface area contributed by atoms with Crippen LogP contribution in [0, 0.1) is 0 Å². The van der Waals surface area contributed by atoms with Crippen molar-refractivity contribution >= 4 is 15.7 Å². The third-order valence-corrected chi connectivity index (χ3v) is 5.74. The highest BCUT2D eigenvalue weighted by molar-refractivity contribution is 7.92. The average Bonchev–Trinajstić information content (AvgIpc) is 2.60. The summed E-state index contributed by atoms with van der Waals surface area (Å²) in [7, 11) is -0.741. The van der Waals surface area contributed by atoms with Gasteiger partial charge in [0.1, 0.15) is 22.8 Å². The quantitative estimate of drug-likeness (QED) is 0.862. The van der Waals surface area contributed by atoms with Crippen LogP contribution >= 0.6 is 0 Å². The maximum absolute atomic E-state index is 12.8. The summed E-state index contributed by atoms with van der Waals surface area (Å²) < 4.78 is 44.5. The first-order valence-corrected chi connectivity index (χ1v) is 9.79. The highest BCUT2D eigenvalue weighted by Gasteiger charge is 2.28. The van der Waals surface area contributed by atoms with E-state index in [0.717, 1.165) is 24.2 Å². The number of benzene rings is 2. The first-order chi connectivity index (χ1) is 12.2. The predicted octanol–water partition coefficient (Wildman–Crippen LogP) is 3.61. The minimum absolute atomic E-state index is 0.192. The molecule has 3 rings (SSSR count). The summed E-state index contributed by atoms with van der Waals surface area (Å²) >= 11 is 0. The average molecular weight is 377 g/mol. The summed E-state index contributed by atoms with van der Waals surface area (Å²) in [5.74, 6) is 1.71. The third kappa shape index (κ3) is 3.72. The highest BCUT2D eigenvalue weighted by Crippen LogP contribution is 2.35. The van der Waals surface area contributed by atoms with Crippen LogP contribution in [0.15, 0.2) is 41.3 Å². The molecule has 0 spiro atoms. The summed E-state index contributed by atoms with van der Waals surface area (Å²) in [5.41, 5.74) is 1.01. The lowest BCUT2D eigenvalue weighted by atomic mass is 9.94. The maximum atomic E-state index is 12.8. The molecule has 0 unspecified atom stereocenters. The van der Waals surface area contributed by atoms with E-state index in [1.54, 1.807) is 36.4 Å². The molecule has 0 atom stereocenters. The number of methoxy groups -OCH3 is 2. The zero-order valence-electron chi connectivity index (χ0n) is 15.3. The summed E-state index contributed by atoms with van der Waals surface area (Å²) in [6.45, 7) is 4.05. The van der Waals surface area contributed by atoms with Gasteiger partial charge in [-0.05, 0) is 62.6 Å². The lowest BCUT2D eigenvalue weighted by Crippen LogP contribution is -2.32. The fraction of sp³-hybridized carbons (Fsp3) is 0.368. The number of nitrogens with one attached hydrogen (secondary N) is 1. The van der Waals surface area contributed by atoms with Gasteiger partial charge in [-0.15, -0.1) is 0 Å². The number of rotatable bonds is 5. The van der Waals surface area contributed by atoms with Crippen LogP contribution in [-0.2, 0) is 16.4 Å². The zero-order valence-corrected chi connectivity index (χ0v) is 16.1. The molecule has 1 heterocycles. The Hall–Kier alpha value is -2.41. The van der Waals surface area contributed by atoms with Crippen molar-refractivity contribution in [1.82, 2.24) is 0 Å². The summed E-state index contributed by atoms with van der Waals surface area (Å²) in [6, 6.07) is 9.85. The van der Waals surface area contributed by atoms with E-state index in [-0.39, 0.29) is 10.5 Å². The van der Waals surface area contributed by atoms with Gasteiger partial charge >= 0.3 is 0 Å². The van der Waals surface area contributed by atoms with Crippen molar-refractivity contribution in [1.29, 1.82) is 0 Å². The fourth-order valence-electron chi connectivity index (χ4n) is 2.89. The molecule has 140 valence electrons. The van der Waals surface area contributed by atoms with Crippen LogP contribution in [0.4, 0.5) is 5.69 Å². The number of hydrogen-bond acceptors (Lipinski definition) is 5. The lowest BCUT2D eigenvalue weighted by Gasteiger charge is -2.32. The Bertz CT molecular complexity index is 922. The molecule has 0 radical (unpaired) electrons. The number of fused-ring (bicyclic) bond motifs is 1. The topological polar surface area (TPSA) is 73.9 Å². The van der Waals surface area contributed by atoms with Crippen LogP contribution < -0.4 is 18.9 Å². The van der Waals surface area contributed by atoms with E-state index >= 15 is 0 Å². The fourth-order valence-corrected chi connectivity index (χ4v) is 4.01. The van der Waals surface area contributed by atoms with Gasteiger partial charge in [0, 0.05) is 6.07 Å². The van der Waals surface area contributed by atoms with E-state index in [4.69, 9.17) is 14.2 Å². The Balaban J connectivity index is 1.90. The molecule has 0 aromatic heterocycles. The molecular weight excluding hydrogens is 354 g/mol. The van der Waals surface area contributed by atoms with Gasteiger partial charge in [-0.25, -0.2) is 8.42 Å². The minimum atomic E-state index is -3.75. The summed E-state index contributed by atoms with van der Waals surface area (Å²) in [5, 5.41) is 0. The van der Waals surface area contributed by atoms with Gasteiger partial charge in [0.25, 0.3) is 10.0 Å². The molecule has 0 bridgehead atoms. The molecule has 0 saturated carbocycles. The van der Waals surface area contributed by atoms with Crippen molar-refractivity contribution in [2.45, 2.75) is 37.2 Å². The summed E-state index contributed by atoms with van der Waals surface area (Å²) in [6.07, 6.45) is 1.61. The maximum Gasteiger partial charge on any atom is 0.262 e. The van der Waals surface area contributed by atoms with Crippen LogP contribution in [0.3, 0.4) is 0 Å². The van der Waals surface area contributed by atoms with Crippen LogP contribution in [0.1, 0.15) is 25.8 Å². The third-order valence-electron chi connectivity index (χ3n) is 4.38. The van der Waals surface area contributed by atoms with Gasteiger partial charge < -0.3 is 14.2 Å². The van der Waals surface area contributed by atoms with E-state index in [2.05, 4.69) is 4.72 Å². The van der Waals surface area contributed by atoms with Crippen molar-refractivity contribution in [3.63, 3.8) is 0 Å². The van der Waals surface area contributed by atoms with Crippen molar-refractivity contribution in [2.24, 2.45) is 0 Å². The Kier molecular flexibility index (Phi) is 4.75. The van der Waals surface area contributed by atoms with Crippen molar-refractivity contribution in [2.75, 3.05) is 18.9 Å². The van der Waals surface area contributed by atoms with E-state index in [9.17, 15) is 8.42 Å². The number of hydrogen-bond donors (Lipinski definition) is 1. The van der Waals surface area contributed by atoms with Crippen molar-refractivity contribution in [3.8, 4) is 17.2 Å². The van der Waals surface area contributed by atoms with Gasteiger partial charge in [-0.1, -0.05) is 0 Å². The molecule has 0 aliphatic carbocycles. The van der Waals surface area contributed by atoms with Gasteiger partial charge in [0.05, 0.1) is 24.8 Å². The molecule has 1 N–H and O–H groups in total. The largest absolute Gasteiger partial charge is 0.497 e. The first kappa shape index (κ1) is 18.4. The molecule has 0 amide bonds. The number of ether oxygens (including phenoxy) is 3. The highest BCUT2D eigenvalue weighted by atomic mass is 32.2. The smallest absolute Gasteiger partial charge is 0.262 e. The molecule has 26 heavy (non-hydrogen) atoms. The van der Waals surface area contributed by atoms with Gasteiger partial charge in [-0.3, -0.25) is 4.72 Å². The minimum Gasteiger partial charge on any atom is -0.497 e. The zero-order chi connectivity index (χ0) is 18.9. The second-order valence-corrected chi connectivity index (χ2v) is 8.49. The number of anilines is 1. The molecule has 2 aromatic carbocycles. The molecule has 1 aliphatic heterocycles. The summed E-state index contributed by atoms with van der Waals surface area (Å²) in [4.78, 5) is 0.192. The van der Waals surface area contributed by atoms with Crippen LogP contribution in [0.5, 0.6) is 17.2 Å². The molecule has 2 aromatic rings. The monoisotopic (exact) mass is 377 g/mol. The Labute approximate surface area is 154 Å². The van der Waals surface area contributed by atoms with Crippen molar-refractivity contribution in [3.05, 3.63) is 42.0 Å². The van der Waals surface area contributed by atoms with Crippen molar-refractivity contribution < 1.29 is 22.6 Å². The molecule has 7 heteroatoms. The standard InChI is InChI=1S/C19H23NO5S/c1-19(2)10-9-13-11-15(6-8-17(13)25-19)26(21,22)20-16-7-5-14(23-3)12-18(16)24-4/h5-8,11-12,20H,9-10H2,1-4H3. The lowest BCUT2D eigenvalue weighted by molar-refractivity contribution is 0.0845. The SMILES string of the molecule is COc1ccc(NS(=O)(=O)c2ccc3c(c2)CCC(C)(C)O3)c(OC)c1. The van der Waals surface area contributed by atoms with E-state index < -0.39 is 10.0 Å². The van der Waals surface area contributed by atoms with Crippen LogP contribution in [-0.4, -0.2) is 28.2 Å². The number of sulfonamides is 1. The second-order valence-electron chi connectivity index (χ2n) is 6.80. The first-order valence-electron chi connectivity index (χ1n) is 8.31. The second kappa shape index (κ2) is 6.72. The Morgan fingerprint density at radius 1 is 1.08 bits per heavy atom.